The average Bonchev–Trinajstić information content (AvgIpc) is 2.82. The highest BCUT2D eigenvalue weighted by Crippen LogP contribution is 2.33. The predicted molar refractivity (Wildman–Crippen MR) is 87.4 cm³/mol. The van der Waals surface area contributed by atoms with Crippen LogP contribution in [0.15, 0.2) is 6.33 Å². The molecular formula is C16H21N3O2S. The van der Waals surface area contributed by atoms with E-state index in [1.165, 1.54) is 30.5 Å². The van der Waals surface area contributed by atoms with E-state index in [4.69, 9.17) is 4.74 Å². The van der Waals surface area contributed by atoms with E-state index in [2.05, 4.69) is 22.2 Å². The second kappa shape index (κ2) is 6.60. The maximum Gasteiger partial charge on any atom is 0.258 e. The summed E-state index contributed by atoms with van der Waals surface area (Å²) < 4.78 is 5.66. The van der Waals surface area contributed by atoms with Crippen LogP contribution < -0.4 is 10.1 Å². The van der Waals surface area contributed by atoms with Gasteiger partial charge in [-0.2, -0.15) is 0 Å². The zero-order chi connectivity index (χ0) is 15.5. The average molecular weight is 319 g/mol. The summed E-state index contributed by atoms with van der Waals surface area (Å²) in [5.41, 5.74) is 1.13. The van der Waals surface area contributed by atoms with Crippen molar-refractivity contribution in [1.82, 2.24) is 15.3 Å². The summed E-state index contributed by atoms with van der Waals surface area (Å²) in [7, 11) is 0. The number of aromatic nitrogens is 2. The van der Waals surface area contributed by atoms with E-state index in [-0.39, 0.29) is 12.5 Å². The molecule has 1 fully saturated rings. The van der Waals surface area contributed by atoms with Crippen LogP contribution in [0.4, 0.5) is 0 Å². The molecule has 22 heavy (non-hydrogen) atoms. The first-order valence-corrected chi connectivity index (χ1v) is 8.59. The topological polar surface area (TPSA) is 64.1 Å². The van der Waals surface area contributed by atoms with Crippen molar-refractivity contribution in [1.29, 1.82) is 0 Å². The second-order valence-electron chi connectivity index (χ2n) is 5.83. The molecular weight excluding hydrogens is 298 g/mol. The summed E-state index contributed by atoms with van der Waals surface area (Å²) in [6.45, 7) is 4.10. The van der Waals surface area contributed by atoms with Crippen LogP contribution in [0.3, 0.4) is 0 Å². The fourth-order valence-corrected chi connectivity index (χ4v) is 3.90. The highest BCUT2D eigenvalue weighted by atomic mass is 32.1. The Labute approximate surface area is 134 Å². The Morgan fingerprint density at radius 2 is 2.09 bits per heavy atom. The van der Waals surface area contributed by atoms with Gasteiger partial charge in [-0.3, -0.25) is 4.79 Å². The van der Waals surface area contributed by atoms with Gasteiger partial charge < -0.3 is 10.1 Å². The van der Waals surface area contributed by atoms with Gasteiger partial charge in [0.05, 0.1) is 5.39 Å². The van der Waals surface area contributed by atoms with Crippen molar-refractivity contribution in [3.63, 3.8) is 0 Å². The fraction of sp³-hybridized carbons (Fsp3) is 0.562. The molecule has 6 heteroatoms. The summed E-state index contributed by atoms with van der Waals surface area (Å²) in [6, 6.07) is 0.306. The first-order chi connectivity index (χ1) is 10.6. The molecule has 1 aliphatic rings. The molecule has 0 atom stereocenters. The van der Waals surface area contributed by atoms with Gasteiger partial charge in [-0.1, -0.05) is 19.3 Å². The Kier molecular flexibility index (Phi) is 4.57. The van der Waals surface area contributed by atoms with E-state index in [0.717, 1.165) is 28.6 Å². The zero-order valence-corrected chi connectivity index (χ0v) is 13.8. The van der Waals surface area contributed by atoms with E-state index in [0.29, 0.717) is 11.9 Å². The number of carbonyl (C=O) groups is 1. The molecule has 5 nitrogen and oxygen atoms in total. The number of hydrogen-bond donors (Lipinski definition) is 1. The quantitative estimate of drug-likeness (QED) is 0.940. The van der Waals surface area contributed by atoms with Crippen LogP contribution in [0.5, 0.6) is 5.88 Å². The number of carbonyl (C=O) groups excluding carboxylic acids is 1. The maximum atomic E-state index is 12.0. The molecule has 2 aromatic rings. The first kappa shape index (κ1) is 15.2. The van der Waals surface area contributed by atoms with Gasteiger partial charge in [-0.25, -0.2) is 9.97 Å². The van der Waals surface area contributed by atoms with E-state index >= 15 is 0 Å². The molecule has 3 rings (SSSR count). The van der Waals surface area contributed by atoms with Gasteiger partial charge in [0.25, 0.3) is 5.91 Å². The molecule has 2 aromatic heterocycles. The lowest BCUT2D eigenvalue weighted by Gasteiger charge is -2.22. The molecule has 0 unspecified atom stereocenters. The second-order valence-corrected chi connectivity index (χ2v) is 7.04. The Hall–Kier alpha value is -1.69. The Balaban J connectivity index is 1.65. The van der Waals surface area contributed by atoms with Crippen LogP contribution >= 0.6 is 11.3 Å². The fourth-order valence-electron chi connectivity index (χ4n) is 2.91. The van der Waals surface area contributed by atoms with Crippen LogP contribution in [0, 0.1) is 13.8 Å². The van der Waals surface area contributed by atoms with Gasteiger partial charge in [0.15, 0.2) is 6.61 Å². The van der Waals surface area contributed by atoms with E-state index in [1.54, 1.807) is 11.3 Å². The van der Waals surface area contributed by atoms with Gasteiger partial charge >= 0.3 is 0 Å². The van der Waals surface area contributed by atoms with Crippen LogP contribution in [0.2, 0.25) is 0 Å². The molecule has 0 aliphatic heterocycles. The summed E-state index contributed by atoms with van der Waals surface area (Å²) in [6.07, 6.45) is 7.32. The smallest absolute Gasteiger partial charge is 0.258 e. The molecule has 0 spiro atoms. The molecule has 1 amide bonds. The van der Waals surface area contributed by atoms with Crippen molar-refractivity contribution in [2.45, 2.75) is 52.0 Å². The first-order valence-electron chi connectivity index (χ1n) is 7.78. The summed E-state index contributed by atoms with van der Waals surface area (Å²) >= 11 is 1.62. The summed E-state index contributed by atoms with van der Waals surface area (Å²) in [4.78, 5) is 22.6. The van der Waals surface area contributed by atoms with E-state index in [1.807, 2.05) is 6.92 Å². The third-order valence-electron chi connectivity index (χ3n) is 4.24. The van der Waals surface area contributed by atoms with Gasteiger partial charge in [-0.15, -0.1) is 11.3 Å². The number of fused-ring (bicyclic) bond motifs is 1. The number of rotatable bonds is 4. The normalized spacial score (nSPS) is 15.9. The van der Waals surface area contributed by atoms with Gasteiger partial charge in [-0.05, 0) is 32.3 Å². The van der Waals surface area contributed by atoms with E-state index < -0.39 is 0 Å². The molecule has 1 N–H and O–H groups in total. The number of amides is 1. The lowest BCUT2D eigenvalue weighted by Crippen LogP contribution is -2.39. The van der Waals surface area contributed by atoms with Crippen molar-refractivity contribution in [2.24, 2.45) is 0 Å². The monoisotopic (exact) mass is 319 g/mol. The van der Waals surface area contributed by atoms with Gasteiger partial charge in [0, 0.05) is 10.9 Å². The molecule has 0 saturated heterocycles. The highest BCUT2D eigenvalue weighted by molar-refractivity contribution is 7.18. The molecule has 1 aliphatic carbocycles. The summed E-state index contributed by atoms with van der Waals surface area (Å²) in [5, 5.41) is 3.98. The third kappa shape index (κ3) is 3.21. The number of ether oxygens (including phenoxy) is 1. The van der Waals surface area contributed by atoms with E-state index in [9.17, 15) is 4.79 Å². The van der Waals surface area contributed by atoms with Crippen LogP contribution in [0.1, 0.15) is 42.5 Å². The van der Waals surface area contributed by atoms with Crippen molar-refractivity contribution < 1.29 is 9.53 Å². The van der Waals surface area contributed by atoms with Crippen molar-refractivity contribution >= 4 is 27.5 Å². The number of nitrogens with zero attached hydrogens (tertiary/aromatic N) is 2. The lowest BCUT2D eigenvalue weighted by molar-refractivity contribution is -0.124. The van der Waals surface area contributed by atoms with Crippen LogP contribution in [0.25, 0.3) is 10.2 Å². The Bertz CT molecular complexity index is 677. The number of thiophene rings is 1. The standard InChI is InChI=1S/C16H21N3O2S/c1-10-11(2)22-16-14(10)15(17-9-18-16)21-8-13(20)19-12-6-4-3-5-7-12/h9,12H,3-8H2,1-2H3,(H,19,20). The van der Waals surface area contributed by atoms with Crippen LogP contribution in [-0.4, -0.2) is 28.5 Å². The third-order valence-corrected chi connectivity index (χ3v) is 5.36. The van der Waals surface area contributed by atoms with Gasteiger partial charge in [0.1, 0.15) is 11.2 Å². The lowest BCUT2D eigenvalue weighted by atomic mass is 9.95. The number of nitrogens with one attached hydrogen (secondary N) is 1. The maximum absolute atomic E-state index is 12.0. The van der Waals surface area contributed by atoms with Crippen molar-refractivity contribution in [2.75, 3.05) is 6.61 Å². The summed E-state index contributed by atoms with van der Waals surface area (Å²) in [5.74, 6) is 0.439. The van der Waals surface area contributed by atoms with Crippen LogP contribution in [-0.2, 0) is 4.79 Å². The minimum Gasteiger partial charge on any atom is -0.467 e. The molecule has 1 saturated carbocycles. The minimum absolute atomic E-state index is 0.0109. The number of hydrogen-bond acceptors (Lipinski definition) is 5. The minimum atomic E-state index is -0.0664. The molecule has 0 bridgehead atoms. The molecule has 0 radical (unpaired) electrons. The molecule has 118 valence electrons. The Morgan fingerprint density at radius 3 is 2.86 bits per heavy atom. The van der Waals surface area contributed by atoms with Crippen molar-refractivity contribution in [3.05, 3.63) is 16.8 Å². The highest BCUT2D eigenvalue weighted by Gasteiger charge is 2.17. The molecule has 0 aromatic carbocycles. The van der Waals surface area contributed by atoms with Crippen molar-refractivity contribution in [3.8, 4) is 5.88 Å². The predicted octanol–water partition coefficient (Wildman–Crippen LogP) is 3.14. The Morgan fingerprint density at radius 1 is 1.32 bits per heavy atom. The number of aryl methyl sites for hydroxylation is 2. The SMILES string of the molecule is Cc1sc2ncnc(OCC(=O)NC3CCCCC3)c2c1C. The largest absolute Gasteiger partial charge is 0.467 e. The molecule has 2 heterocycles. The zero-order valence-electron chi connectivity index (χ0n) is 13.0. The van der Waals surface area contributed by atoms with Gasteiger partial charge in [0.2, 0.25) is 5.88 Å².